The van der Waals surface area contributed by atoms with E-state index in [1.54, 1.807) is 19.1 Å². The second kappa shape index (κ2) is 13.2. The number of carbonyl (C=O) groups is 2. The molecule has 1 aromatic carbocycles. The quantitative estimate of drug-likeness (QED) is 0.192. The number of methoxy groups -OCH3 is 1. The number of carbonyl (C=O) groups excluding carboxylic acids is 2. The van der Waals surface area contributed by atoms with E-state index in [1.165, 1.54) is 13.2 Å². The molecule has 7 nitrogen and oxygen atoms in total. The van der Waals surface area contributed by atoms with Crippen LogP contribution in [0.15, 0.2) is 57.3 Å². The van der Waals surface area contributed by atoms with E-state index < -0.39 is 17.2 Å². The first-order valence-electron chi connectivity index (χ1n) is 11.3. The number of aromatic hydroxyl groups is 1. The second-order valence-electron chi connectivity index (χ2n) is 8.00. The molecule has 0 bridgehead atoms. The Morgan fingerprint density at radius 2 is 1.88 bits per heavy atom. The smallest absolute Gasteiger partial charge is 0.351 e. The summed E-state index contributed by atoms with van der Waals surface area (Å²) in [7, 11) is 1.33. The van der Waals surface area contributed by atoms with Gasteiger partial charge in [-0.3, -0.25) is 9.59 Å². The van der Waals surface area contributed by atoms with Crippen molar-refractivity contribution in [1.82, 2.24) is 0 Å². The van der Waals surface area contributed by atoms with Crippen LogP contribution in [0.5, 0.6) is 11.5 Å². The summed E-state index contributed by atoms with van der Waals surface area (Å²) in [5.41, 5.74) is -0.194. The van der Waals surface area contributed by atoms with Crippen LogP contribution in [0.25, 0.3) is 6.08 Å². The van der Waals surface area contributed by atoms with Crippen LogP contribution in [0.4, 0.5) is 0 Å². The van der Waals surface area contributed by atoms with Gasteiger partial charge < -0.3 is 19.0 Å². The molecule has 1 heterocycles. The lowest BCUT2D eigenvalue weighted by atomic mass is 9.99. The largest absolute Gasteiger partial charge is 0.507 e. The Balaban J connectivity index is 2.09. The summed E-state index contributed by atoms with van der Waals surface area (Å²) in [6.07, 6.45) is 7.59. The number of ether oxygens (including phenoxy) is 2. The van der Waals surface area contributed by atoms with Crippen LogP contribution in [-0.4, -0.2) is 30.6 Å². The van der Waals surface area contributed by atoms with Crippen LogP contribution in [0.1, 0.15) is 74.1 Å². The number of allylic oxidation sites excluding steroid dienone is 2. The van der Waals surface area contributed by atoms with Crippen molar-refractivity contribution in [2.75, 3.05) is 13.7 Å². The van der Waals surface area contributed by atoms with Gasteiger partial charge in [-0.1, -0.05) is 38.1 Å². The predicted molar refractivity (Wildman–Crippen MR) is 130 cm³/mol. The Hall–Kier alpha value is -3.61. The molecule has 0 saturated carbocycles. The zero-order chi connectivity index (χ0) is 25.1. The minimum Gasteiger partial charge on any atom is -0.507 e. The van der Waals surface area contributed by atoms with E-state index >= 15 is 0 Å². The van der Waals surface area contributed by atoms with Crippen LogP contribution in [-0.2, 0) is 9.53 Å². The summed E-state index contributed by atoms with van der Waals surface area (Å²) in [5.74, 6) is -0.448. The average Bonchev–Trinajstić information content (AvgIpc) is 2.82. The zero-order valence-corrected chi connectivity index (χ0v) is 20.1. The Bertz CT molecular complexity index is 1090. The van der Waals surface area contributed by atoms with Crippen molar-refractivity contribution in [3.8, 4) is 11.5 Å². The number of hydrogen-bond donors (Lipinski definition) is 1. The molecule has 34 heavy (non-hydrogen) atoms. The number of hydrogen-bond acceptors (Lipinski definition) is 7. The SMILES string of the molecule is CCCOc1ccc(C=C(C)C(=O)c2c(O)cc(C(C)CC/C=C/CC(=O)OC)oc2=O)cc1. The van der Waals surface area contributed by atoms with Gasteiger partial charge in [0.2, 0.25) is 0 Å². The van der Waals surface area contributed by atoms with Crippen LogP contribution >= 0.6 is 0 Å². The highest BCUT2D eigenvalue weighted by molar-refractivity contribution is 6.12. The van der Waals surface area contributed by atoms with Gasteiger partial charge in [0.15, 0.2) is 5.78 Å². The summed E-state index contributed by atoms with van der Waals surface area (Å²) in [6, 6.07) is 8.57. The molecule has 1 atom stereocenters. The van der Waals surface area contributed by atoms with E-state index in [-0.39, 0.29) is 23.9 Å². The van der Waals surface area contributed by atoms with Crippen molar-refractivity contribution >= 4 is 17.8 Å². The number of benzene rings is 1. The lowest BCUT2D eigenvalue weighted by Crippen LogP contribution is -2.16. The Morgan fingerprint density at radius 3 is 2.50 bits per heavy atom. The van der Waals surface area contributed by atoms with Crippen LogP contribution in [0, 0.1) is 0 Å². The highest BCUT2D eigenvalue weighted by atomic mass is 16.5. The third-order valence-corrected chi connectivity index (χ3v) is 5.20. The number of rotatable bonds is 12. The van der Waals surface area contributed by atoms with Crippen molar-refractivity contribution in [2.45, 2.75) is 52.4 Å². The third kappa shape index (κ3) is 7.76. The summed E-state index contributed by atoms with van der Waals surface area (Å²) >= 11 is 0. The zero-order valence-electron chi connectivity index (χ0n) is 20.1. The monoisotopic (exact) mass is 468 g/mol. The highest BCUT2D eigenvalue weighted by Crippen LogP contribution is 2.26. The fourth-order valence-electron chi connectivity index (χ4n) is 3.21. The van der Waals surface area contributed by atoms with E-state index in [0.717, 1.165) is 17.7 Å². The maximum atomic E-state index is 12.8. The van der Waals surface area contributed by atoms with E-state index in [0.29, 0.717) is 30.8 Å². The fourth-order valence-corrected chi connectivity index (χ4v) is 3.21. The Kier molecular flexibility index (Phi) is 10.3. The molecule has 1 N–H and O–H groups in total. The second-order valence-corrected chi connectivity index (χ2v) is 8.00. The molecule has 0 aliphatic rings. The molecule has 0 radical (unpaired) electrons. The normalized spacial score (nSPS) is 12.5. The number of esters is 1. The van der Waals surface area contributed by atoms with Gasteiger partial charge in [0.1, 0.15) is 22.8 Å². The van der Waals surface area contributed by atoms with E-state index in [4.69, 9.17) is 9.15 Å². The van der Waals surface area contributed by atoms with Crippen molar-refractivity contribution < 1.29 is 28.6 Å². The lowest BCUT2D eigenvalue weighted by Gasteiger charge is -2.11. The maximum absolute atomic E-state index is 12.8. The van der Waals surface area contributed by atoms with Gasteiger partial charge in [-0.05, 0) is 55.5 Å². The molecular weight excluding hydrogens is 436 g/mol. The molecule has 0 spiro atoms. The standard InChI is InChI=1S/C27H32O7/c1-5-15-33-21-13-11-20(12-14-21)16-19(3)26(30)25-22(28)17-23(34-27(25)31)18(2)9-7-6-8-10-24(29)32-4/h6,8,11-14,16-18,28H,5,7,9-10,15H2,1-4H3/b8-6+,19-16?. The Morgan fingerprint density at radius 1 is 1.18 bits per heavy atom. The van der Waals surface area contributed by atoms with E-state index in [9.17, 15) is 19.5 Å². The highest BCUT2D eigenvalue weighted by Gasteiger charge is 2.22. The van der Waals surface area contributed by atoms with Gasteiger partial charge in [-0.2, -0.15) is 0 Å². The molecule has 0 aliphatic carbocycles. The Labute approximate surface area is 199 Å². The summed E-state index contributed by atoms with van der Waals surface area (Å²) < 4.78 is 15.5. The first kappa shape index (κ1) is 26.6. The van der Waals surface area contributed by atoms with Crippen LogP contribution in [0.2, 0.25) is 0 Å². The molecule has 2 rings (SSSR count). The molecule has 0 fully saturated rings. The number of Topliss-reactive ketones (excluding diaryl/α,β-unsaturated/α-hetero) is 1. The van der Waals surface area contributed by atoms with Gasteiger partial charge in [0.05, 0.1) is 20.1 Å². The van der Waals surface area contributed by atoms with Gasteiger partial charge in [-0.25, -0.2) is 4.79 Å². The molecular formula is C27H32O7. The van der Waals surface area contributed by atoms with Gasteiger partial charge >= 0.3 is 11.6 Å². The summed E-state index contributed by atoms with van der Waals surface area (Å²) in [6.45, 7) is 6.09. The van der Waals surface area contributed by atoms with Crippen molar-refractivity contribution in [3.05, 3.63) is 75.4 Å². The molecule has 2 aromatic rings. The van der Waals surface area contributed by atoms with E-state index in [2.05, 4.69) is 4.74 Å². The molecule has 0 aliphatic heterocycles. The van der Waals surface area contributed by atoms with E-state index in [1.807, 2.05) is 44.2 Å². The molecule has 0 saturated heterocycles. The first-order chi connectivity index (χ1) is 16.3. The lowest BCUT2D eigenvalue weighted by molar-refractivity contribution is -0.139. The van der Waals surface area contributed by atoms with Gasteiger partial charge in [0.25, 0.3) is 0 Å². The molecule has 1 aromatic heterocycles. The fraction of sp³-hybridized carbons (Fsp3) is 0.370. The van der Waals surface area contributed by atoms with Crippen molar-refractivity contribution in [2.24, 2.45) is 0 Å². The van der Waals surface area contributed by atoms with Crippen LogP contribution < -0.4 is 10.4 Å². The average molecular weight is 469 g/mol. The molecule has 0 amide bonds. The van der Waals surface area contributed by atoms with Gasteiger partial charge in [0, 0.05) is 12.0 Å². The number of ketones is 1. The first-order valence-corrected chi connectivity index (χ1v) is 11.3. The summed E-state index contributed by atoms with van der Waals surface area (Å²) in [4.78, 5) is 36.5. The third-order valence-electron chi connectivity index (χ3n) is 5.20. The predicted octanol–water partition coefficient (Wildman–Crippen LogP) is 5.42. The molecule has 7 heteroatoms. The van der Waals surface area contributed by atoms with Gasteiger partial charge in [-0.15, -0.1) is 0 Å². The minimum atomic E-state index is -0.871. The molecule has 1 unspecified atom stereocenters. The molecule has 182 valence electrons. The maximum Gasteiger partial charge on any atom is 0.351 e. The van der Waals surface area contributed by atoms with Crippen LogP contribution in [0.3, 0.4) is 0 Å². The minimum absolute atomic E-state index is 0.171. The van der Waals surface area contributed by atoms with Crippen molar-refractivity contribution in [1.29, 1.82) is 0 Å². The topological polar surface area (TPSA) is 103 Å². The summed E-state index contributed by atoms with van der Waals surface area (Å²) in [5, 5.41) is 10.4. The van der Waals surface area contributed by atoms with Crippen molar-refractivity contribution in [3.63, 3.8) is 0 Å².